The lowest BCUT2D eigenvalue weighted by atomic mass is 9.75. The van der Waals surface area contributed by atoms with Gasteiger partial charge in [-0.1, -0.05) is 13.8 Å². The zero-order valence-corrected chi connectivity index (χ0v) is 19.3. The van der Waals surface area contributed by atoms with Crippen molar-refractivity contribution >= 4 is 29.6 Å². The van der Waals surface area contributed by atoms with Crippen LogP contribution in [0.5, 0.6) is 0 Å². The Balaban J connectivity index is 1.69. The van der Waals surface area contributed by atoms with Crippen molar-refractivity contribution in [3.63, 3.8) is 0 Å². The van der Waals surface area contributed by atoms with Gasteiger partial charge in [0.1, 0.15) is 0 Å². The zero-order chi connectivity index (χ0) is 23.7. The minimum Gasteiger partial charge on any atom is -0.355 e. The van der Waals surface area contributed by atoms with Crippen LogP contribution in [0.1, 0.15) is 72.1 Å². The molecule has 3 N–H and O–H groups in total. The van der Waals surface area contributed by atoms with Crippen molar-refractivity contribution in [1.82, 2.24) is 21.0 Å². The van der Waals surface area contributed by atoms with Crippen molar-refractivity contribution in [3.05, 3.63) is 0 Å². The van der Waals surface area contributed by atoms with Crippen molar-refractivity contribution in [2.45, 2.75) is 78.2 Å². The summed E-state index contributed by atoms with van der Waals surface area (Å²) >= 11 is 0. The summed E-state index contributed by atoms with van der Waals surface area (Å²) < 4.78 is 0. The van der Waals surface area contributed by atoms with Gasteiger partial charge in [-0.25, -0.2) is 4.79 Å². The zero-order valence-electron chi connectivity index (χ0n) is 19.3. The number of hydrogen-bond donors (Lipinski definition) is 3. The second kappa shape index (κ2) is 11.9. The first-order chi connectivity index (χ1) is 15.1. The van der Waals surface area contributed by atoms with Gasteiger partial charge in [-0.05, 0) is 45.1 Å². The number of imide groups is 1. The Kier molecular flexibility index (Phi) is 9.61. The lowest BCUT2D eigenvalue weighted by molar-refractivity contribution is -0.197. The Morgan fingerprint density at radius 3 is 2.38 bits per heavy atom. The summed E-state index contributed by atoms with van der Waals surface area (Å²) in [5.41, 5.74) is -0.522. The first-order valence-corrected chi connectivity index (χ1v) is 11.5. The third kappa shape index (κ3) is 7.29. The molecule has 0 saturated carbocycles. The highest BCUT2D eigenvalue weighted by molar-refractivity contribution is 6.01. The van der Waals surface area contributed by atoms with Crippen LogP contribution in [0.3, 0.4) is 0 Å². The summed E-state index contributed by atoms with van der Waals surface area (Å²) in [6, 6.07) is 0.135. The Bertz CT molecular complexity index is 703. The molecule has 0 aromatic rings. The second-order valence-electron chi connectivity index (χ2n) is 9.15. The summed E-state index contributed by atoms with van der Waals surface area (Å²) in [6.45, 7) is 7.41. The first-order valence-electron chi connectivity index (χ1n) is 11.5. The van der Waals surface area contributed by atoms with Gasteiger partial charge < -0.3 is 20.8 Å². The van der Waals surface area contributed by atoms with E-state index in [4.69, 9.17) is 4.84 Å². The van der Waals surface area contributed by atoms with Crippen LogP contribution in [0.4, 0.5) is 0 Å². The molecule has 0 bridgehead atoms. The van der Waals surface area contributed by atoms with Crippen molar-refractivity contribution < 1.29 is 28.8 Å². The number of carbonyl (C=O) groups excluding carboxylic acids is 5. The first kappa shape index (κ1) is 25.8. The molecule has 0 aliphatic carbocycles. The van der Waals surface area contributed by atoms with Crippen LogP contribution in [-0.4, -0.2) is 60.3 Å². The van der Waals surface area contributed by atoms with E-state index in [9.17, 15) is 24.0 Å². The summed E-state index contributed by atoms with van der Waals surface area (Å²) in [7, 11) is 0. The van der Waals surface area contributed by atoms with Crippen molar-refractivity contribution in [1.29, 1.82) is 0 Å². The minimum absolute atomic E-state index is 0.0138. The van der Waals surface area contributed by atoms with Crippen LogP contribution in [0, 0.1) is 11.3 Å². The molecule has 4 amide bonds. The van der Waals surface area contributed by atoms with E-state index in [2.05, 4.69) is 29.8 Å². The largest absolute Gasteiger partial charge is 0.355 e. The fraction of sp³-hybridized carbons (Fsp3) is 0.773. The van der Waals surface area contributed by atoms with E-state index in [1.807, 2.05) is 6.92 Å². The average molecular weight is 453 g/mol. The Morgan fingerprint density at radius 2 is 1.78 bits per heavy atom. The lowest BCUT2D eigenvalue weighted by Gasteiger charge is -2.35. The molecule has 2 heterocycles. The number of hydroxylamine groups is 2. The predicted octanol–water partition coefficient (Wildman–Crippen LogP) is 0.801. The van der Waals surface area contributed by atoms with Gasteiger partial charge in [-0.3, -0.25) is 19.2 Å². The minimum atomic E-state index is -0.771. The molecule has 0 radical (unpaired) electrons. The molecule has 0 aromatic heterocycles. The number of amides is 4. The normalized spacial score (nSPS) is 20.4. The highest BCUT2D eigenvalue weighted by atomic mass is 16.7. The smallest absolute Gasteiger partial charge is 0.334 e. The number of hydrogen-bond acceptors (Lipinski definition) is 7. The third-order valence-electron chi connectivity index (χ3n) is 6.08. The van der Waals surface area contributed by atoms with Crippen molar-refractivity contribution in [2.24, 2.45) is 11.3 Å². The lowest BCUT2D eigenvalue weighted by Crippen LogP contribution is -2.51. The molecule has 10 heteroatoms. The van der Waals surface area contributed by atoms with Gasteiger partial charge in [-0.2, -0.15) is 0 Å². The Labute approximate surface area is 189 Å². The third-order valence-corrected chi connectivity index (χ3v) is 6.08. The molecule has 2 saturated heterocycles. The topological polar surface area (TPSA) is 134 Å². The molecule has 32 heavy (non-hydrogen) atoms. The number of rotatable bonds is 12. The highest BCUT2D eigenvalue weighted by Gasteiger charge is 2.42. The van der Waals surface area contributed by atoms with Gasteiger partial charge in [0.2, 0.25) is 11.8 Å². The standard InChI is InChI=1S/C22H36N4O6/c1-15(2)8-11-22(3,16-5-4-12-23-16)21(31)25-13-9-17(27)24-14-10-20(30)32-26-18(28)6-7-19(26)29/h15-16,23H,4-14H2,1-3H3,(H,24,27)(H,25,31)/t16?,22-/m1/s1. The fourth-order valence-electron chi connectivity index (χ4n) is 3.95. The van der Waals surface area contributed by atoms with Gasteiger partial charge in [0.15, 0.2) is 0 Å². The van der Waals surface area contributed by atoms with E-state index in [0.717, 1.165) is 32.2 Å². The summed E-state index contributed by atoms with van der Waals surface area (Å²) in [6.07, 6.45) is 3.73. The molecule has 2 aliphatic rings. The van der Waals surface area contributed by atoms with Crippen LogP contribution in [0.25, 0.3) is 0 Å². The molecule has 1 unspecified atom stereocenters. The van der Waals surface area contributed by atoms with Gasteiger partial charge in [-0.15, -0.1) is 5.06 Å². The van der Waals surface area contributed by atoms with Crippen LogP contribution in [-0.2, 0) is 28.8 Å². The maximum absolute atomic E-state index is 13.0. The fourth-order valence-corrected chi connectivity index (χ4v) is 3.95. The van der Waals surface area contributed by atoms with E-state index in [1.54, 1.807) is 0 Å². The molecule has 10 nitrogen and oxygen atoms in total. The van der Waals surface area contributed by atoms with E-state index in [-0.39, 0.29) is 56.6 Å². The summed E-state index contributed by atoms with van der Waals surface area (Å²) in [5, 5.41) is 9.40. The molecular weight excluding hydrogens is 416 g/mol. The SMILES string of the molecule is CC(C)CC[C@@](C)(C(=O)NCCC(=O)NCCC(=O)ON1C(=O)CCC1=O)C1CCCN1. The van der Waals surface area contributed by atoms with E-state index in [1.165, 1.54) is 0 Å². The average Bonchev–Trinajstić information content (AvgIpc) is 3.38. The predicted molar refractivity (Wildman–Crippen MR) is 116 cm³/mol. The maximum Gasteiger partial charge on any atom is 0.334 e. The maximum atomic E-state index is 13.0. The van der Waals surface area contributed by atoms with Crippen LogP contribution in [0.15, 0.2) is 0 Å². The molecular formula is C22H36N4O6. The number of nitrogens with one attached hydrogen (secondary N) is 3. The van der Waals surface area contributed by atoms with Crippen LogP contribution >= 0.6 is 0 Å². The van der Waals surface area contributed by atoms with E-state index in [0.29, 0.717) is 11.0 Å². The molecule has 2 fully saturated rings. The quantitative estimate of drug-likeness (QED) is 0.373. The van der Waals surface area contributed by atoms with Crippen LogP contribution < -0.4 is 16.0 Å². The molecule has 2 atom stereocenters. The highest BCUT2D eigenvalue weighted by Crippen LogP contribution is 2.34. The van der Waals surface area contributed by atoms with E-state index < -0.39 is 23.2 Å². The van der Waals surface area contributed by atoms with Gasteiger partial charge in [0.05, 0.1) is 11.8 Å². The molecule has 180 valence electrons. The Morgan fingerprint density at radius 1 is 1.12 bits per heavy atom. The second-order valence-corrected chi connectivity index (χ2v) is 9.15. The molecule has 2 rings (SSSR count). The van der Waals surface area contributed by atoms with Gasteiger partial charge in [0.25, 0.3) is 11.8 Å². The van der Waals surface area contributed by atoms with Crippen molar-refractivity contribution in [3.8, 4) is 0 Å². The van der Waals surface area contributed by atoms with Crippen LogP contribution in [0.2, 0.25) is 0 Å². The molecule has 0 aromatic carbocycles. The number of carbonyl (C=O) groups is 5. The summed E-state index contributed by atoms with van der Waals surface area (Å²) in [4.78, 5) is 64.3. The van der Waals surface area contributed by atoms with Gasteiger partial charge >= 0.3 is 5.97 Å². The molecule has 0 spiro atoms. The molecule has 2 aliphatic heterocycles. The Hall–Kier alpha value is -2.49. The number of nitrogens with zero attached hydrogens (tertiary/aromatic N) is 1. The monoisotopic (exact) mass is 452 g/mol. The van der Waals surface area contributed by atoms with E-state index >= 15 is 0 Å². The summed E-state index contributed by atoms with van der Waals surface area (Å²) in [5.74, 6) is -1.72. The van der Waals surface area contributed by atoms with Gasteiger partial charge in [0, 0.05) is 38.4 Å². The van der Waals surface area contributed by atoms with Crippen molar-refractivity contribution in [2.75, 3.05) is 19.6 Å².